The number of benzene rings is 1. The molecule has 0 aliphatic carbocycles. The topological polar surface area (TPSA) is 99.3 Å². The fraction of sp³-hybridized carbons (Fsp3) is 0.400. The Balaban J connectivity index is 1.76. The molecule has 4 rings (SSSR count). The van der Waals surface area contributed by atoms with Gasteiger partial charge in [-0.3, -0.25) is 9.59 Å². The van der Waals surface area contributed by atoms with Gasteiger partial charge in [-0.1, -0.05) is 23.4 Å². The van der Waals surface area contributed by atoms with Crippen molar-refractivity contribution in [3.05, 3.63) is 67.5 Å². The SMILES string of the molecule is CCOC(=O)c1nc(C)c(-n2c(SC)nc3c(c2=O)C[C@@H](C)N(C(=O)c2ccc(Cl)c(C(F)(F)F)c2)C3)n1C. The number of hydrogen-bond acceptors (Lipinski definition) is 7. The summed E-state index contributed by atoms with van der Waals surface area (Å²) in [6.45, 7) is 5.15. The second-order valence-electron chi connectivity index (χ2n) is 8.97. The molecule has 9 nitrogen and oxygen atoms in total. The summed E-state index contributed by atoms with van der Waals surface area (Å²) < 4.78 is 48.0. The predicted octanol–water partition coefficient (Wildman–Crippen LogP) is 4.43. The van der Waals surface area contributed by atoms with Gasteiger partial charge in [0.05, 0.1) is 35.1 Å². The molecular formula is C25H25ClF3N5O4S. The van der Waals surface area contributed by atoms with E-state index in [-0.39, 0.29) is 36.5 Å². The maximum absolute atomic E-state index is 13.8. The zero-order chi connectivity index (χ0) is 28.8. The lowest BCUT2D eigenvalue weighted by molar-refractivity contribution is -0.137. The number of carbonyl (C=O) groups excluding carboxylic acids is 2. The molecule has 0 fully saturated rings. The molecule has 1 atom stereocenters. The van der Waals surface area contributed by atoms with E-state index in [0.29, 0.717) is 27.9 Å². The first-order valence-electron chi connectivity index (χ1n) is 11.9. The van der Waals surface area contributed by atoms with E-state index in [9.17, 15) is 27.6 Å². The molecule has 14 heteroatoms. The van der Waals surface area contributed by atoms with Crippen molar-refractivity contribution in [2.75, 3.05) is 12.9 Å². The lowest BCUT2D eigenvalue weighted by atomic mass is 9.98. The number of esters is 1. The molecule has 0 saturated heterocycles. The number of hydrogen-bond donors (Lipinski definition) is 0. The van der Waals surface area contributed by atoms with Gasteiger partial charge in [-0.25, -0.2) is 19.3 Å². The van der Waals surface area contributed by atoms with Gasteiger partial charge in [0.25, 0.3) is 11.5 Å². The average molecular weight is 584 g/mol. The quantitative estimate of drug-likeness (QED) is 0.249. The summed E-state index contributed by atoms with van der Waals surface area (Å²) >= 11 is 6.90. The Hall–Kier alpha value is -3.32. The molecule has 0 bridgehead atoms. The van der Waals surface area contributed by atoms with Crippen LogP contribution in [-0.4, -0.2) is 54.8 Å². The van der Waals surface area contributed by atoms with Crippen LogP contribution in [0, 0.1) is 6.92 Å². The Kier molecular flexibility index (Phi) is 7.86. The molecule has 39 heavy (non-hydrogen) atoms. The molecule has 2 aromatic heterocycles. The van der Waals surface area contributed by atoms with E-state index in [4.69, 9.17) is 16.3 Å². The Bertz CT molecular complexity index is 1540. The second kappa shape index (κ2) is 10.7. The standard InChI is InChI=1S/C25H25ClF3N5O4S/c1-6-38-23(37)19-30-13(3)20(32(19)4)34-22(36)15-9-12(2)33(11-18(15)31-24(34)39-5)21(35)14-7-8-17(26)16(10-14)25(27,28)29/h7-8,10,12H,6,9,11H2,1-5H3/t12-/m1/s1. The summed E-state index contributed by atoms with van der Waals surface area (Å²) in [7, 11) is 1.60. The lowest BCUT2D eigenvalue weighted by Gasteiger charge is -2.34. The fourth-order valence-corrected chi connectivity index (χ4v) is 5.37. The van der Waals surface area contributed by atoms with Crippen LogP contribution in [0.1, 0.15) is 57.3 Å². The van der Waals surface area contributed by atoms with Gasteiger partial charge < -0.3 is 14.2 Å². The van der Waals surface area contributed by atoms with E-state index in [1.807, 2.05) is 0 Å². The van der Waals surface area contributed by atoms with Crippen LogP contribution in [0.5, 0.6) is 0 Å². The Morgan fingerprint density at radius 3 is 2.56 bits per heavy atom. The molecule has 0 saturated carbocycles. The normalized spacial score (nSPS) is 15.3. The lowest BCUT2D eigenvalue weighted by Crippen LogP contribution is -2.46. The summed E-state index contributed by atoms with van der Waals surface area (Å²) in [4.78, 5) is 49.8. The first kappa shape index (κ1) is 28.7. The number of amides is 1. The van der Waals surface area contributed by atoms with Crippen LogP contribution in [0.15, 0.2) is 28.2 Å². The Labute approximate surface area is 230 Å². The Morgan fingerprint density at radius 2 is 1.95 bits per heavy atom. The van der Waals surface area contributed by atoms with Gasteiger partial charge in [-0.15, -0.1) is 0 Å². The maximum atomic E-state index is 13.8. The van der Waals surface area contributed by atoms with Crippen molar-refractivity contribution in [3.8, 4) is 5.82 Å². The minimum Gasteiger partial charge on any atom is -0.460 e. The van der Waals surface area contributed by atoms with Gasteiger partial charge in [0.1, 0.15) is 5.82 Å². The number of fused-ring (bicyclic) bond motifs is 1. The van der Waals surface area contributed by atoms with Crippen molar-refractivity contribution in [2.24, 2.45) is 7.05 Å². The van der Waals surface area contributed by atoms with E-state index in [0.717, 1.165) is 12.1 Å². The fourth-order valence-electron chi connectivity index (χ4n) is 4.59. The second-order valence-corrected chi connectivity index (χ2v) is 10.1. The smallest absolute Gasteiger partial charge is 0.417 e. The number of imidazole rings is 1. The van der Waals surface area contributed by atoms with Crippen LogP contribution < -0.4 is 5.56 Å². The molecule has 1 aromatic carbocycles. The van der Waals surface area contributed by atoms with Crippen molar-refractivity contribution in [3.63, 3.8) is 0 Å². The number of rotatable bonds is 5. The number of carbonyl (C=O) groups is 2. The number of nitrogens with zero attached hydrogens (tertiary/aromatic N) is 5. The molecule has 1 amide bonds. The number of halogens is 4. The number of aryl methyl sites for hydroxylation is 1. The summed E-state index contributed by atoms with van der Waals surface area (Å²) in [5, 5.41) is -0.201. The highest BCUT2D eigenvalue weighted by Gasteiger charge is 2.36. The van der Waals surface area contributed by atoms with Gasteiger partial charge in [0.2, 0.25) is 5.82 Å². The van der Waals surface area contributed by atoms with Crippen LogP contribution >= 0.6 is 23.4 Å². The average Bonchev–Trinajstić information content (AvgIpc) is 3.17. The molecule has 208 valence electrons. The summed E-state index contributed by atoms with van der Waals surface area (Å²) in [6, 6.07) is 2.51. The van der Waals surface area contributed by atoms with Crippen molar-refractivity contribution in [1.29, 1.82) is 0 Å². The molecule has 3 heterocycles. The van der Waals surface area contributed by atoms with Gasteiger partial charge in [-0.2, -0.15) is 13.2 Å². The summed E-state index contributed by atoms with van der Waals surface area (Å²) in [5.74, 6) is -0.867. The van der Waals surface area contributed by atoms with Crippen LogP contribution in [0.4, 0.5) is 13.2 Å². The third-order valence-corrected chi connectivity index (χ3v) is 7.42. The van der Waals surface area contributed by atoms with E-state index in [2.05, 4.69) is 9.97 Å². The van der Waals surface area contributed by atoms with Crippen molar-refractivity contribution < 1.29 is 27.5 Å². The van der Waals surface area contributed by atoms with E-state index in [1.54, 1.807) is 34.1 Å². The minimum atomic E-state index is -4.72. The van der Waals surface area contributed by atoms with Crippen LogP contribution in [-0.2, 0) is 30.9 Å². The van der Waals surface area contributed by atoms with Crippen molar-refractivity contribution in [1.82, 2.24) is 24.0 Å². The highest BCUT2D eigenvalue weighted by molar-refractivity contribution is 7.98. The molecule has 3 aromatic rings. The van der Waals surface area contributed by atoms with E-state index >= 15 is 0 Å². The highest BCUT2D eigenvalue weighted by atomic mass is 35.5. The predicted molar refractivity (Wildman–Crippen MR) is 139 cm³/mol. The third kappa shape index (κ3) is 5.17. The molecule has 0 spiro atoms. The highest BCUT2D eigenvalue weighted by Crippen LogP contribution is 2.36. The summed E-state index contributed by atoms with van der Waals surface area (Å²) in [5.41, 5.74) is -0.506. The summed E-state index contributed by atoms with van der Waals surface area (Å²) in [6.07, 6.45) is -2.86. The van der Waals surface area contributed by atoms with Crippen LogP contribution in [0.2, 0.25) is 5.02 Å². The van der Waals surface area contributed by atoms with Crippen LogP contribution in [0.25, 0.3) is 5.82 Å². The zero-order valence-electron chi connectivity index (χ0n) is 21.7. The molecule has 1 aliphatic rings. The molecule has 0 radical (unpaired) electrons. The first-order chi connectivity index (χ1) is 18.3. The molecule has 0 N–H and O–H groups in total. The number of ether oxygens (including phenoxy) is 1. The molecule has 0 unspecified atom stereocenters. The van der Waals surface area contributed by atoms with E-state index in [1.165, 1.54) is 31.9 Å². The molecular weight excluding hydrogens is 559 g/mol. The monoisotopic (exact) mass is 583 g/mol. The van der Waals surface area contributed by atoms with Gasteiger partial charge in [-0.05, 0) is 51.6 Å². The Morgan fingerprint density at radius 1 is 1.26 bits per heavy atom. The number of alkyl halides is 3. The largest absolute Gasteiger partial charge is 0.460 e. The number of aromatic nitrogens is 4. The maximum Gasteiger partial charge on any atom is 0.417 e. The van der Waals surface area contributed by atoms with Gasteiger partial charge in [0.15, 0.2) is 5.16 Å². The van der Waals surface area contributed by atoms with Gasteiger partial charge in [0, 0.05) is 24.2 Å². The molecule has 1 aliphatic heterocycles. The number of thioether (sulfide) groups is 1. The third-order valence-electron chi connectivity index (χ3n) is 6.45. The first-order valence-corrected chi connectivity index (χ1v) is 13.5. The zero-order valence-corrected chi connectivity index (χ0v) is 23.3. The van der Waals surface area contributed by atoms with Crippen molar-refractivity contribution in [2.45, 2.75) is 51.1 Å². The van der Waals surface area contributed by atoms with Crippen molar-refractivity contribution >= 4 is 35.2 Å². The minimum absolute atomic E-state index is 0.0346. The van der Waals surface area contributed by atoms with E-state index < -0.39 is 34.7 Å². The van der Waals surface area contributed by atoms with Gasteiger partial charge >= 0.3 is 12.1 Å². The van der Waals surface area contributed by atoms with Crippen LogP contribution in [0.3, 0.4) is 0 Å².